The second kappa shape index (κ2) is 8.84. The Balaban J connectivity index is 1.32. The topological polar surface area (TPSA) is 67.3 Å². The van der Waals surface area contributed by atoms with Crippen LogP contribution in [0.3, 0.4) is 0 Å². The third-order valence-corrected chi connectivity index (χ3v) is 5.47. The third kappa shape index (κ3) is 4.48. The van der Waals surface area contributed by atoms with E-state index in [9.17, 15) is 4.79 Å². The smallest absolute Gasteiger partial charge is 0.229 e. The minimum Gasteiger partial charge on any atom is -0.493 e. The molecule has 0 aliphatic carbocycles. The van der Waals surface area contributed by atoms with E-state index in [4.69, 9.17) is 4.74 Å². The van der Waals surface area contributed by atoms with Gasteiger partial charge in [-0.3, -0.25) is 9.78 Å². The molecule has 1 fully saturated rings. The lowest BCUT2D eigenvalue weighted by Gasteiger charge is -2.25. The number of nitrogens with zero attached hydrogens (tertiary/aromatic N) is 3. The Morgan fingerprint density at radius 2 is 2.04 bits per heavy atom. The molecule has 0 saturated carbocycles. The van der Waals surface area contributed by atoms with Crippen LogP contribution in [0.1, 0.15) is 31.0 Å². The molecule has 7 heteroatoms. The van der Waals surface area contributed by atoms with Crippen molar-refractivity contribution in [2.75, 3.05) is 23.4 Å². The first-order valence-corrected chi connectivity index (χ1v) is 10.3. The zero-order chi connectivity index (χ0) is 19.2. The van der Waals surface area contributed by atoms with E-state index in [1.54, 1.807) is 24.5 Å². The van der Waals surface area contributed by atoms with Crippen LogP contribution in [-0.4, -0.2) is 29.0 Å². The van der Waals surface area contributed by atoms with Crippen LogP contribution in [0.25, 0.3) is 0 Å². The van der Waals surface area contributed by atoms with Gasteiger partial charge in [0.25, 0.3) is 0 Å². The third-order valence-electron chi connectivity index (χ3n) is 4.70. The Hall–Kier alpha value is -2.93. The van der Waals surface area contributed by atoms with E-state index in [2.05, 4.69) is 49.8 Å². The van der Waals surface area contributed by atoms with E-state index >= 15 is 0 Å². The molecule has 4 rings (SSSR count). The monoisotopic (exact) mass is 394 g/mol. The van der Waals surface area contributed by atoms with Gasteiger partial charge in [0.15, 0.2) is 5.13 Å². The van der Waals surface area contributed by atoms with Crippen molar-refractivity contribution in [3.63, 3.8) is 0 Å². The zero-order valence-electron chi connectivity index (χ0n) is 15.5. The summed E-state index contributed by atoms with van der Waals surface area (Å²) < 4.78 is 5.54. The Morgan fingerprint density at radius 1 is 1.21 bits per heavy atom. The van der Waals surface area contributed by atoms with Gasteiger partial charge < -0.3 is 15.0 Å². The first-order valence-electron chi connectivity index (χ1n) is 9.39. The van der Waals surface area contributed by atoms with Crippen molar-refractivity contribution < 1.29 is 9.53 Å². The summed E-state index contributed by atoms with van der Waals surface area (Å²) in [6.45, 7) is 1.35. The van der Waals surface area contributed by atoms with Gasteiger partial charge in [0.1, 0.15) is 5.75 Å². The number of nitrogens with one attached hydrogen (secondary N) is 1. The van der Waals surface area contributed by atoms with Gasteiger partial charge in [-0.25, -0.2) is 4.98 Å². The lowest BCUT2D eigenvalue weighted by atomic mass is 10.1. The lowest BCUT2D eigenvalue weighted by molar-refractivity contribution is -0.116. The van der Waals surface area contributed by atoms with Gasteiger partial charge in [-0.1, -0.05) is 18.2 Å². The summed E-state index contributed by atoms with van der Waals surface area (Å²) in [6.07, 6.45) is 5.82. The summed E-state index contributed by atoms with van der Waals surface area (Å²) in [7, 11) is 0. The molecular weight excluding hydrogens is 372 g/mol. The highest BCUT2D eigenvalue weighted by atomic mass is 32.1. The fourth-order valence-electron chi connectivity index (χ4n) is 3.38. The quantitative estimate of drug-likeness (QED) is 0.648. The number of benzene rings is 1. The maximum absolute atomic E-state index is 12.2. The van der Waals surface area contributed by atoms with Crippen LogP contribution >= 0.6 is 11.3 Å². The van der Waals surface area contributed by atoms with E-state index in [0.29, 0.717) is 17.5 Å². The van der Waals surface area contributed by atoms with Crippen LogP contribution in [0.4, 0.5) is 10.8 Å². The molecule has 0 spiro atoms. The van der Waals surface area contributed by atoms with Crippen molar-refractivity contribution in [3.05, 3.63) is 65.9 Å². The average molecular weight is 395 g/mol. The number of ether oxygens (including phenoxy) is 1. The van der Waals surface area contributed by atoms with Crippen LogP contribution in [-0.2, 0) is 4.79 Å². The first-order chi connectivity index (χ1) is 13.8. The maximum Gasteiger partial charge on any atom is 0.229 e. The predicted molar refractivity (Wildman–Crippen MR) is 111 cm³/mol. The standard InChI is InChI=1S/C21H22N4O2S/c26-20(10-14-27-17-8-11-22-12-9-17)24-21-23-18(15-28-21)19-7-4-13-25(19)16-5-2-1-3-6-16/h1-3,5-6,8-9,11-12,15,19H,4,7,10,13-14H2,(H,23,24,26). The highest BCUT2D eigenvalue weighted by Crippen LogP contribution is 2.37. The highest BCUT2D eigenvalue weighted by Gasteiger charge is 2.28. The summed E-state index contributed by atoms with van der Waals surface area (Å²) in [5.74, 6) is 0.614. The van der Waals surface area contributed by atoms with E-state index in [1.807, 2.05) is 6.07 Å². The number of carbonyl (C=O) groups is 1. The molecule has 1 N–H and O–H groups in total. The summed E-state index contributed by atoms with van der Waals surface area (Å²) in [6, 6.07) is 14.2. The number of hydrogen-bond donors (Lipinski definition) is 1. The van der Waals surface area contributed by atoms with E-state index < -0.39 is 0 Å². The Labute approximate surface area is 168 Å². The molecule has 0 radical (unpaired) electrons. The second-order valence-corrected chi connectivity index (χ2v) is 7.45. The van der Waals surface area contributed by atoms with Crippen molar-refractivity contribution >= 4 is 28.1 Å². The Bertz CT molecular complexity index is 901. The number of carbonyl (C=O) groups excluding carboxylic acids is 1. The van der Waals surface area contributed by atoms with Crippen LogP contribution in [0.2, 0.25) is 0 Å². The van der Waals surface area contributed by atoms with E-state index in [1.165, 1.54) is 17.0 Å². The van der Waals surface area contributed by atoms with E-state index in [-0.39, 0.29) is 18.4 Å². The molecule has 1 aromatic carbocycles. The van der Waals surface area contributed by atoms with Crippen molar-refractivity contribution in [1.29, 1.82) is 0 Å². The number of hydrogen-bond acceptors (Lipinski definition) is 6. The number of para-hydroxylation sites is 1. The predicted octanol–water partition coefficient (Wildman–Crippen LogP) is 4.29. The molecule has 1 aliphatic heterocycles. The minimum atomic E-state index is -0.0960. The van der Waals surface area contributed by atoms with Gasteiger partial charge in [0, 0.05) is 30.0 Å². The number of thiazole rings is 1. The summed E-state index contributed by atoms with van der Waals surface area (Å²) in [5.41, 5.74) is 2.24. The van der Waals surface area contributed by atoms with Crippen LogP contribution in [0.5, 0.6) is 5.75 Å². The molecule has 1 amide bonds. The number of aromatic nitrogens is 2. The molecule has 1 unspecified atom stereocenters. The highest BCUT2D eigenvalue weighted by molar-refractivity contribution is 7.13. The molecule has 1 atom stereocenters. The van der Waals surface area contributed by atoms with Gasteiger partial charge >= 0.3 is 0 Å². The molecule has 0 bridgehead atoms. The van der Waals surface area contributed by atoms with Gasteiger partial charge in [-0.15, -0.1) is 11.3 Å². The van der Waals surface area contributed by atoms with Crippen LogP contribution < -0.4 is 15.0 Å². The fourth-order valence-corrected chi connectivity index (χ4v) is 4.15. The number of pyridine rings is 1. The summed E-state index contributed by atoms with van der Waals surface area (Å²) >= 11 is 1.47. The Kier molecular flexibility index (Phi) is 5.82. The molecule has 144 valence electrons. The summed E-state index contributed by atoms with van der Waals surface area (Å²) in [4.78, 5) is 23.2. The largest absolute Gasteiger partial charge is 0.493 e. The first kappa shape index (κ1) is 18.4. The molecule has 2 aromatic heterocycles. The zero-order valence-corrected chi connectivity index (χ0v) is 16.3. The normalized spacial score (nSPS) is 16.1. The molecule has 6 nitrogen and oxygen atoms in total. The Morgan fingerprint density at radius 3 is 2.86 bits per heavy atom. The number of anilines is 2. The summed E-state index contributed by atoms with van der Waals surface area (Å²) in [5, 5.41) is 5.58. The molecule has 3 aromatic rings. The lowest BCUT2D eigenvalue weighted by Crippen LogP contribution is -2.22. The number of rotatable bonds is 7. The van der Waals surface area contributed by atoms with Crippen molar-refractivity contribution in [1.82, 2.24) is 9.97 Å². The molecular formula is C21H22N4O2S. The number of amides is 1. The van der Waals surface area contributed by atoms with Crippen molar-refractivity contribution in [2.24, 2.45) is 0 Å². The second-order valence-electron chi connectivity index (χ2n) is 6.59. The molecule has 3 heterocycles. The SMILES string of the molecule is O=C(CCOc1ccncc1)Nc1nc(C2CCCN2c2ccccc2)cs1. The molecule has 1 aliphatic rings. The van der Waals surface area contributed by atoms with Crippen LogP contribution in [0.15, 0.2) is 60.2 Å². The molecule has 1 saturated heterocycles. The van der Waals surface area contributed by atoms with Gasteiger partial charge in [-0.05, 0) is 37.1 Å². The van der Waals surface area contributed by atoms with Gasteiger partial charge in [0.2, 0.25) is 5.91 Å². The van der Waals surface area contributed by atoms with Gasteiger partial charge in [0.05, 0.1) is 24.8 Å². The minimum absolute atomic E-state index is 0.0960. The van der Waals surface area contributed by atoms with Crippen LogP contribution in [0, 0.1) is 0 Å². The van der Waals surface area contributed by atoms with Crippen molar-refractivity contribution in [3.8, 4) is 5.75 Å². The fraction of sp³-hybridized carbons (Fsp3) is 0.286. The maximum atomic E-state index is 12.2. The van der Waals surface area contributed by atoms with Crippen molar-refractivity contribution in [2.45, 2.75) is 25.3 Å². The molecule has 28 heavy (non-hydrogen) atoms. The van der Waals surface area contributed by atoms with E-state index in [0.717, 1.165) is 25.1 Å². The average Bonchev–Trinajstić information content (AvgIpc) is 3.39. The van der Waals surface area contributed by atoms with Gasteiger partial charge in [-0.2, -0.15) is 0 Å².